The smallest absolute Gasteiger partial charge is 0.253 e. The Labute approximate surface area is 109 Å². The number of aromatic nitrogens is 5. The van der Waals surface area contributed by atoms with Crippen molar-refractivity contribution in [3.05, 3.63) is 41.1 Å². The second-order valence-corrected chi connectivity index (χ2v) is 4.00. The van der Waals surface area contributed by atoms with E-state index in [1.165, 1.54) is 34.3 Å². The molecule has 19 heavy (non-hydrogen) atoms. The van der Waals surface area contributed by atoms with Crippen molar-refractivity contribution in [2.24, 2.45) is 0 Å². The van der Waals surface area contributed by atoms with Gasteiger partial charge in [-0.2, -0.15) is 5.10 Å². The Morgan fingerprint density at radius 3 is 2.95 bits per heavy atom. The van der Waals surface area contributed by atoms with Crippen LogP contribution in [-0.2, 0) is 17.9 Å². The summed E-state index contributed by atoms with van der Waals surface area (Å²) >= 11 is 0. The average molecular weight is 262 g/mol. The van der Waals surface area contributed by atoms with Crippen molar-refractivity contribution < 1.29 is 4.79 Å². The number of amides is 1. The summed E-state index contributed by atoms with van der Waals surface area (Å²) in [5.74, 6) is -0.182. The molecule has 0 spiro atoms. The van der Waals surface area contributed by atoms with Gasteiger partial charge in [-0.1, -0.05) is 0 Å². The molecule has 100 valence electrons. The normalized spacial score (nSPS) is 10.4. The minimum absolute atomic E-state index is 0.112. The molecule has 1 N–H and O–H groups in total. The Morgan fingerprint density at radius 2 is 2.26 bits per heavy atom. The molecule has 8 heteroatoms. The summed E-state index contributed by atoms with van der Waals surface area (Å²) in [5, 5.41) is 6.52. The molecule has 0 saturated carbocycles. The lowest BCUT2D eigenvalue weighted by molar-refractivity contribution is -0.121. The van der Waals surface area contributed by atoms with Crippen LogP contribution in [0.15, 0.2) is 29.8 Å². The highest BCUT2D eigenvalue weighted by molar-refractivity contribution is 5.75. The number of rotatable bonds is 5. The van der Waals surface area contributed by atoms with Gasteiger partial charge in [-0.15, -0.1) is 0 Å². The predicted molar refractivity (Wildman–Crippen MR) is 66.3 cm³/mol. The van der Waals surface area contributed by atoms with Crippen LogP contribution in [0.1, 0.15) is 5.69 Å². The van der Waals surface area contributed by atoms with Gasteiger partial charge in [0.15, 0.2) is 0 Å². The van der Waals surface area contributed by atoms with Gasteiger partial charge >= 0.3 is 0 Å². The molecule has 0 aliphatic carbocycles. The van der Waals surface area contributed by atoms with Crippen LogP contribution in [0.5, 0.6) is 0 Å². The van der Waals surface area contributed by atoms with Gasteiger partial charge in [0.25, 0.3) is 5.56 Å². The lowest BCUT2D eigenvalue weighted by Gasteiger charge is -2.07. The number of nitrogens with one attached hydrogen (secondary N) is 1. The molecule has 0 saturated heterocycles. The molecule has 8 nitrogen and oxygen atoms in total. The maximum absolute atomic E-state index is 11.6. The zero-order chi connectivity index (χ0) is 13.7. The molecule has 0 fully saturated rings. The van der Waals surface area contributed by atoms with E-state index < -0.39 is 0 Å². The maximum Gasteiger partial charge on any atom is 0.253 e. The minimum Gasteiger partial charge on any atom is -0.353 e. The van der Waals surface area contributed by atoms with Crippen LogP contribution >= 0.6 is 0 Å². The number of carbonyl (C=O) groups is 1. The second-order valence-electron chi connectivity index (χ2n) is 4.00. The Balaban J connectivity index is 1.80. The summed E-state index contributed by atoms with van der Waals surface area (Å²) in [5.41, 5.74) is 0.550. The fourth-order valence-corrected chi connectivity index (χ4v) is 1.52. The molecule has 0 atom stereocenters. The molecule has 2 heterocycles. The molecule has 0 aromatic carbocycles. The first-order valence-corrected chi connectivity index (χ1v) is 5.77. The second kappa shape index (κ2) is 5.89. The van der Waals surface area contributed by atoms with E-state index in [1.54, 1.807) is 6.92 Å². The Kier molecular flexibility index (Phi) is 4.01. The predicted octanol–water partition coefficient (Wildman–Crippen LogP) is -1.04. The van der Waals surface area contributed by atoms with E-state index in [-0.39, 0.29) is 18.0 Å². The summed E-state index contributed by atoms with van der Waals surface area (Å²) in [7, 11) is 0. The lowest BCUT2D eigenvalue weighted by Crippen LogP contribution is -2.33. The summed E-state index contributed by atoms with van der Waals surface area (Å²) in [6.45, 7) is 2.61. The van der Waals surface area contributed by atoms with Gasteiger partial charge in [-0.05, 0) is 6.92 Å². The highest BCUT2D eigenvalue weighted by Crippen LogP contribution is 1.85. The van der Waals surface area contributed by atoms with Crippen LogP contribution < -0.4 is 10.9 Å². The van der Waals surface area contributed by atoms with Crippen molar-refractivity contribution >= 4 is 5.91 Å². The molecular weight excluding hydrogens is 248 g/mol. The Morgan fingerprint density at radius 1 is 1.42 bits per heavy atom. The van der Waals surface area contributed by atoms with E-state index in [9.17, 15) is 9.59 Å². The highest BCUT2D eigenvalue weighted by Gasteiger charge is 2.03. The third kappa shape index (κ3) is 3.73. The Bertz CT molecular complexity index is 604. The van der Waals surface area contributed by atoms with Gasteiger partial charge in [0, 0.05) is 24.8 Å². The average Bonchev–Trinajstić information content (AvgIpc) is 2.84. The molecule has 0 radical (unpaired) electrons. The highest BCUT2D eigenvalue weighted by atomic mass is 16.2. The van der Waals surface area contributed by atoms with Gasteiger partial charge in [-0.25, -0.2) is 14.6 Å². The summed E-state index contributed by atoms with van der Waals surface area (Å²) in [4.78, 5) is 30.9. The number of hydrogen-bond acceptors (Lipinski definition) is 5. The zero-order valence-corrected chi connectivity index (χ0v) is 10.5. The lowest BCUT2D eigenvalue weighted by atomic mass is 10.4. The van der Waals surface area contributed by atoms with Crippen LogP contribution in [0.2, 0.25) is 0 Å². The molecule has 0 bridgehead atoms. The summed E-state index contributed by atoms with van der Waals surface area (Å²) < 4.78 is 2.87. The van der Waals surface area contributed by atoms with E-state index in [4.69, 9.17) is 0 Å². The zero-order valence-electron chi connectivity index (χ0n) is 10.5. The molecule has 1 amide bonds. The Hall–Kier alpha value is -2.51. The van der Waals surface area contributed by atoms with Crippen molar-refractivity contribution in [2.45, 2.75) is 20.0 Å². The standard InChI is InChI=1S/C11H14N6O2/c1-9-4-11(19)16(8-14-9)3-2-13-10(18)5-17-7-12-6-15-17/h4,6-8H,2-3,5H2,1H3,(H,13,18). The summed E-state index contributed by atoms with van der Waals surface area (Å²) in [6.07, 6.45) is 4.31. The van der Waals surface area contributed by atoms with Gasteiger partial charge in [0.05, 0.1) is 6.33 Å². The quantitative estimate of drug-likeness (QED) is 0.742. The number of nitrogens with zero attached hydrogens (tertiary/aromatic N) is 5. The number of aryl methyl sites for hydroxylation is 1. The van der Waals surface area contributed by atoms with E-state index in [2.05, 4.69) is 20.4 Å². The molecule has 0 unspecified atom stereocenters. The van der Waals surface area contributed by atoms with Crippen molar-refractivity contribution in [3.63, 3.8) is 0 Å². The molecule has 0 aliphatic rings. The SMILES string of the molecule is Cc1cc(=O)n(CCNC(=O)Cn2cncn2)cn1. The fraction of sp³-hybridized carbons (Fsp3) is 0.364. The number of carbonyl (C=O) groups excluding carboxylic acids is 1. The third-order valence-electron chi connectivity index (χ3n) is 2.46. The first kappa shape index (κ1) is 12.9. The van der Waals surface area contributed by atoms with Crippen molar-refractivity contribution in [2.75, 3.05) is 6.54 Å². The van der Waals surface area contributed by atoms with Crippen molar-refractivity contribution in [1.29, 1.82) is 0 Å². The van der Waals surface area contributed by atoms with E-state index in [1.807, 2.05) is 0 Å². The van der Waals surface area contributed by atoms with E-state index in [0.717, 1.165) is 0 Å². The minimum atomic E-state index is -0.182. The third-order valence-corrected chi connectivity index (χ3v) is 2.46. The molecule has 0 aliphatic heterocycles. The first-order valence-electron chi connectivity index (χ1n) is 5.77. The van der Waals surface area contributed by atoms with Crippen LogP contribution in [-0.4, -0.2) is 36.8 Å². The van der Waals surface area contributed by atoms with E-state index >= 15 is 0 Å². The largest absolute Gasteiger partial charge is 0.353 e. The molecule has 2 aromatic rings. The van der Waals surface area contributed by atoms with Gasteiger partial charge in [0.2, 0.25) is 5.91 Å². The van der Waals surface area contributed by atoms with Crippen molar-refractivity contribution in [3.8, 4) is 0 Å². The maximum atomic E-state index is 11.6. The summed E-state index contributed by atoms with van der Waals surface area (Å²) in [6, 6.07) is 1.46. The molecule has 2 rings (SSSR count). The fourth-order valence-electron chi connectivity index (χ4n) is 1.52. The monoisotopic (exact) mass is 262 g/mol. The molecule has 2 aromatic heterocycles. The molecular formula is C11H14N6O2. The topological polar surface area (TPSA) is 94.7 Å². The van der Waals surface area contributed by atoms with E-state index in [0.29, 0.717) is 18.8 Å². The van der Waals surface area contributed by atoms with Gasteiger partial charge in [-0.3, -0.25) is 14.2 Å². The van der Waals surface area contributed by atoms with Gasteiger partial charge in [0.1, 0.15) is 19.2 Å². The van der Waals surface area contributed by atoms with Crippen LogP contribution in [0.4, 0.5) is 0 Å². The van der Waals surface area contributed by atoms with Crippen LogP contribution in [0.25, 0.3) is 0 Å². The van der Waals surface area contributed by atoms with Crippen LogP contribution in [0, 0.1) is 6.92 Å². The van der Waals surface area contributed by atoms with Crippen LogP contribution in [0.3, 0.4) is 0 Å². The first-order chi connectivity index (χ1) is 9.15. The van der Waals surface area contributed by atoms with Gasteiger partial charge < -0.3 is 5.32 Å². The van der Waals surface area contributed by atoms with Crippen molar-refractivity contribution in [1.82, 2.24) is 29.6 Å². The number of hydrogen-bond donors (Lipinski definition) is 1.